The van der Waals surface area contributed by atoms with Crippen molar-refractivity contribution in [2.24, 2.45) is 10.7 Å². The normalized spacial score (nSPS) is 12.7. The Kier molecular flexibility index (Phi) is 6.70. The Balaban J connectivity index is 0.00000225. The zero-order valence-electron chi connectivity index (χ0n) is 13.1. The third-order valence-corrected chi connectivity index (χ3v) is 4.49. The second-order valence-electron chi connectivity index (χ2n) is 5.33. The summed E-state index contributed by atoms with van der Waals surface area (Å²) >= 11 is 12.2. The number of nitrogens with two attached hydrogens (primary N) is 1. The number of aliphatic imine (C=N–C) groups is 1. The lowest BCUT2D eigenvalue weighted by molar-refractivity contribution is -0.145. The minimum Gasteiger partial charge on any atom is -0.459 e. The zero-order valence-corrected chi connectivity index (χ0v) is 16.3. The molecule has 0 saturated carbocycles. The Labute approximate surface area is 166 Å². The Morgan fingerprint density at radius 2 is 1.92 bits per heavy atom. The number of nitrogens with zero attached hydrogens (tertiary/aromatic N) is 2. The van der Waals surface area contributed by atoms with Gasteiger partial charge in [-0.05, 0) is 17.7 Å². The molecule has 0 amide bonds. The molecule has 0 atom stereocenters. The molecule has 3 rings (SSSR count). The molecule has 2 aromatic rings. The number of carbonyl (C=O) groups is 1. The minimum absolute atomic E-state index is 0. The van der Waals surface area contributed by atoms with E-state index in [1.165, 1.54) is 0 Å². The van der Waals surface area contributed by atoms with Crippen molar-refractivity contribution in [2.45, 2.75) is 13.2 Å². The van der Waals surface area contributed by atoms with Crippen LogP contribution in [0.3, 0.4) is 0 Å². The van der Waals surface area contributed by atoms with Gasteiger partial charge in [-0.1, -0.05) is 53.5 Å². The van der Waals surface area contributed by atoms with E-state index in [9.17, 15) is 4.79 Å². The first-order valence-corrected chi connectivity index (χ1v) is 8.05. The number of fused-ring (bicyclic) bond motifs is 1. The van der Waals surface area contributed by atoms with E-state index in [1.807, 2.05) is 30.3 Å². The summed E-state index contributed by atoms with van der Waals surface area (Å²) in [5.41, 5.74) is 8.26. The molecule has 0 radical (unpaired) electrons. The molecule has 5 nitrogen and oxygen atoms in total. The van der Waals surface area contributed by atoms with Crippen LogP contribution < -0.4 is 5.73 Å². The molecule has 0 aromatic heterocycles. The molecular formula is C17H16BrCl2N3O2. The van der Waals surface area contributed by atoms with E-state index in [0.717, 1.165) is 11.1 Å². The van der Waals surface area contributed by atoms with Crippen molar-refractivity contribution in [1.82, 2.24) is 4.90 Å². The molecule has 8 heteroatoms. The van der Waals surface area contributed by atoms with E-state index in [1.54, 1.807) is 17.0 Å². The van der Waals surface area contributed by atoms with Gasteiger partial charge >= 0.3 is 5.97 Å². The molecule has 1 aliphatic heterocycles. The molecule has 0 aliphatic carbocycles. The van der Waals surface area contributed by atoms with Crippen molar-refractivity contribution >= 4 is 57.8 Å². The first-order valence-electron chi connectivity index (χ1n) is 7.30. The van der Waals surface area contributed by atoms with Crippen LogP contribution in [-0.4, -0.2) is 23.4 Å². The first-order chi connectivity index (χ1) is 11.5. The lowest BCUT2D eigenvalue weighted by Gasteiger charge is -2.28. The lowest BCUT2D eigenvalue weighted by atomic mass is 10.1. The Morgan fingerprint density at radius 1 is 1.20 bits per heavy atom. The third-order valence-electron chi connectivity index (χ3n) is 3.64. The van der Waals surface area contributed by atoms with Crippen molar-refractivity contribution in [3.8, 4) is 0 Å². The SMILES string of the molecule is Br.NC1=Nc2ccc(Cl)c(Cl)c2CN1CC(=O)OCc1ccccc1. The largest absolute Gasteiger partial charge is 0.459 e. The predicted molar refractivity (Wildman–Crippen MR) is 105 cm³/mol. The second-order valence-corrected chi connectivity index (χ2v) is 6.12. The summed E-state index contributed by atoms with van der Waals surface area (Å²) in [5, 5.41) is 0.866. The Hall–Kier alpha value is -1.76. The molecule has 0 fully saturated rings. The highest BCUT2D eigenvalue weighted by Gasteiger charge is 2.23. The summed E-state index contributed by atoms with van der Waals surface area (Å²) < 4.78 is 5.27. The summed E-state index contributed by atoms with van der Waals surface area (Å²) in [6.45, 7) is 0.558. The molecule has 2 N–H and O–H groups in total. The van der Waals surface area contributed by atoms with Crippen molar-refractivity contribution in [2.75, 3.05) is 6.54 Å². The average molecular weight is 445 g/mol. The van der Waals surface area contributed by atoms with Gasteiger partial charge in [0, 0.05) is 5.56 Å². The highest BCUT2D eigenvalue weighted by molar-refractivity contribution is 8.93. The molecule has 0 spiro atoms. The number of ether oxygens (including phenoxy) is 1. The van der Waals surface area contributed by atoms with E-state index in [-0.39, 0.29) is 36.1 Å². The molecule has 1 aliphatic rings. The molecule has 0 saturated heterocycles. The van der Waals surface area contributed by atoms with E-state index < -0.39 is 5.97 Å². The van der Waals surface area contributed by atoms with Gasteiger partial charge in [0.1, 0.15) is 13.2 Å². The predicted octanol–water partition coefficient (Wildman–Crippen LogP) is 4.08. The fourth-order valence-electron chi connectivity index (χ4n) is 2.38. The minimum atomic E-state index is -0.390. The number of hydrogen-bond acceptors (Lipinski definition) is 5. The summed E-state index contributed by atoms with van der Waals surface area (Å²) in [6.07, 6.45) is 0. The van der Waals surface area contributed by atoms with Crippen LogP contribution in [-0.2, 0) is 22.7 Å². The molecule has 132 valence electrons. The molecule has 0 unspecified atom stereocenters. The van der Waals surface area contributed by atoms with E-state index in [4.69, 9.17) is 33.7 Å². The zero-order chi connectivity index (χ0) is 17.1. The van der Waals surface area contributed by atoms with Crippen LogP contribution in [0.2, 0.25) is 10.0 Å². The highest BCUT2D eigenvalue weighted by Crippen LogP contribution is 2.36. The van der Waals surface area contributed by atoms with Gasteiger partial charge in [0.15, 0.2) is 5.96 Å². The summed E-state index contributed by atoms with van der Waals surface area (Å²) in [5.74, 6) is -0.142. The first kappa shape index (κ1) is 19.6. The van der Waals surface area contributed by atoms with Crippen molar-refractivity contribution in [3.63, 3.8) is 0 Å². The second kappa shape index (κ2) is 8.56. The molecular weight excluding hydrogens is 429 g/mol. The lowest BCUT2D eigenvalue weighted by Crippen LogP contribution is -2.42. The van der Waals surface area contributed by atoms with Gasteiger partial charge in [-0.25, -0.2) is 4.99 Å². The van der Waals surface area contributed by atoms with Crippen molar-refractivity contribution < 1.29 is 9.53 Å². The number of halogens is 3. The average Bonchev–Trinajstić information content (AvgIpc) is 2.59. The van der Waals surface area contributed by atoms with Gasteiger partial charge in [0.05, 0.1) is 22.3 Å². The van der Waals surface area contributed by atoms with Crippen LogP contribution in [0.15, 0.2) is 47.5 Å². The van der Waals surface area contributed by atoms with Gasteiger partial charge < -0.3 is 15.4 Å². The van der Waals surface area contributed by atoms with E-state index in [0.29, 0.717) is 22.3 Å². The number of carbonyl (C=O) groups excluding carboxylic acids is 1. The smallest absolute Gasteiger partial charge is 0.325 e. The van der Waals surface area contributed by atoms with Crippen LogP contribution in [0.1, 0.15) is 11.1 Å². The van der Waals surface area contributed by atoms with Gasteiger partial charge in [0.2, 0.25) is 0 Å². The topological polar surface area (TPSA) is 67.9 Å². The maximum Gasteiger partial charge on any atom is 0.325 e. The number of rotatable bonds is 4. The van der Waals surface area contributed by atoms with Crippen LogP contribution >= 0.6 is 40.2 Å². The van der Waals surface area contributed by atoms with Crippen LogP contribution in [0.4, 0.5) is 5.69 Å². The molecule has 1 heterocycles. The van der Waals surface area contributed by atoms with Gasteiger partial charge in [-0.15, -0.1) is 17.0 Å². The summed E-state index contributed by atoms with van der Waals surface area (Å²) in [7, 11) is 0. The highest BCUT2D eigenvalue weighted by atomic mass is 79.9. The van der Waals surface area contributed by atoms with Crippen LogP contribution in [0, 0.1) is 0 Å². The van der Waals surface area contributed by atoms with Crippen LogP contribution in [0.5, 0.6) is 0 Å². The van der Waals surface area contributed by atoms with Crippen LogP contribution in [0.25, 0.3) is 0 Å². The maximum absolute atomic E-state index is 12.1. The van der Waals surface area contributed by atoms with Gasteiger partial charge in [-0.3, -0.25) is 4.79 Å². The standard InChI is InChI=1S/C17H15Cl2N3O2.BrH/c18-13-6-7-14-12(16(13)19)8-22(17(20)21-14)9-15(23)24-10-11-4-2-1-3-5-11;/h1-7H,8-10H2,(H2,20,21);1H. The number of guanidine groups is 1. The molecule has 25 heavy (non-hydrogen) atoms. The quantitative estimate of drug-likeness (QED) is 0.721. The fraction of sp³-hybridized carbons (Fsp3) is 0.176. The van der Waals surface area contributed by atoms with E-state index >= 15 is 0 Å². The monoisotopic (exact) mass is 443 g/mol. The van der Waals surface area contributed by atoms with Crippen molar-refractivity contribution in [3.05, 3.63) is 63.6 Å². The summed E-state index contributed by atoms with van der Waals surface area (Å²) in [6, 6.07) is 12.9. The number of benzene rings is 2. The van der Waals surface area contributed by atoms with Crippen molar-refractivity contribution in [1.29, 1.82) is 0 Å². The number of hydrogen-bond donors (Lipinski definition) is 1. The van der Waals surface area contributed by atoms with E-state index in [2.05, 4.69) is 4.99 Å². The fourth-order valence-corrected chi connectivity index (χ4v) is 2.78. The van der Waals surface area contributed by atoms with Gasteiger partial charge in [0.25, 0.3) is 0 Å². The molecule has 2 aromatic carbocycles. The summed E-state index contributed by atoms with van der Waals surface area (Å²) in [4.78, 5) is 17.9. The Bertz CT molecular complexity index is 800. The Morgan fingerprint density at radius 3 is 2.64 bits per heavy atom. The molecule has 0 bridgehead atoms. The third kappa shape index (κ3) is 4.66. The van der Waals surface area contributed by atoms with Gasteiger partial charge in [-0.2, -0.15) is 0 Å². The number of esters is 1. The maximum atomic E-state index is 12.1.